The molecule has 0 radical (unpaired) electrons. The van der Waals surface area contributed by atoms with Crippen LogP contribution in [0, 0.1) is 0 Å². The van der Waals surface area contributed by atoms with Crippen LogP contribution in [0.3, 0.4) is 0 Å². The highest BCUT2D eigenvalue weighted by Gasteiger charge is 2.33. The Morgan fingerprint density at radius 3 is 2.77 bits per heavy atom. The second kappa shape index (κ2) is 6.79. The summed E-state index contributed by atoms with van der Waals surface area (Å²) >= 11 is 6.16. The van der Waals surface area contributed by atoms with E-state index in [4.69, 9.17) is 16.3 Å². The lowest BCUT2D eigenvalue weighted by Gasteiger charge is -2.29. The van der Waals surface area contributed by atoms with Crippen molar-refractivity contribution in [2.24, 2.45) is 0 Å². The molecule has 8 heteroatoms. The molecule has 0 aliphatic carbocycles. The average molecular weight is 380 g/mol. The van der Waals surface area contributed by atoms with Crippen LogP contribution in [0.15, 0.2) is 18.6 Å². The van der Waals surface area contributed by atoms with E-state index in [1.807, 2.05) is 25.3 Å². The van der Waals surface area contributed by atoms with Crippen molar-refractivity contribution in [2.45, 2.75) is 51.8 Å². The SMILES string of the molecule is CC(C)(C)OC(=O)N1CCC[C@H]1Cn1cc(C(=O)O)c2c(Cl)cncc21. The van der Waals surface area contributed by atoms with E-state index < -0.39 is 11.6 Å². The van der Waals surface area contributed by atoms with Crippen LogP contribution in [-0.4, -0.2) is 49.8 Å². The van der Waals surface area contributed by atoms with Crippen molar-refractivity contribution < 1.29 is 19.4 Å². The Balaban J connectivity index is 1.90. The third-order valence-corrected chi connectivity index (χ3v) is 4.67. The van der Waals surface area contributed by atoms with Gasteiger partial charge in [-0.1, -0.05) is 11.6 Å². The fourth-order valence-corrected chi connectivity index (χ4v) is 3.58. The van der Waals surface area contributed by atoms with Crippen LogP contribution in [0.4, 0.5) is 4.79 Å². The molecule has 1 amide bonds. The number of ether oxygens (including phenoxy) is 1. The first kappa shape index (κ1) is 18.5. The smallest absolute Gasteiger partial charge is 0.410 e. The highest BCUT2D eigenvalue weighted by molar-refractivity contribution is 6.36. The Morgan fingerprint density at radius 2 is 2.12 bits per heavy atom. The number of carboxylic acid groups (broad SMARTS) is 1. The minimum absolute atomic E-state index is 0.0684. The molecule has 1 aliphatic rings. The van der Waals surface area contributed by atoms with E-state index in [2.05, 4.69) is 4.98 Å². The highest BCUT2D eigenvalue weighted by Crippen LogP contribution is 2.30. The molecule has 2 aromatic heterocycles. The summed E-state index contributed by atoms with van der Waals surface area (Å²) in [5.74, 6) is -1.04. The topological polar surface area (TPSA) is 84.7 Å². The second-order valence-electron chi connectivity index (χ2n) is 7.49. The van der Waals surface area contributed by atoms with Gasteiger partial charge in [0.1, 0.15) is 5.60 Å². The zero-order chi connectivity index (χ0) is 19.1. The van der Waals surface area contributed by atoms with E-state index >= 15 is 0 Å². The number of hydrogen-bond acceptors (Lipinski definition) is 4. The quantitative estimate of drug-likeness (QED) is 0.877. The number of aromatic nitrogens is 2. The molecule has 140 valence electrons. The molecular weight excluding hydrogens is 358 g/mol. The van der Waals surface area contributed by atoms with Crippen molar-refractivity contribution in [2.75, 3.05) is 6.54 Å². The lowest BCUT2D eigenvalue weighted by Crippen LogP contribution is -2.41. The van der Waals surface area contributed by atoms with Crippen molar-refractivity contribution in [1.29, 1.82) is 0 Å². The van der Waals surface area contributed by atoms with Gasteiger partial charge in [0.05, 0.1) is 28.3 Å². The zero-order valence-corrected chi connectivity index (χ0v) is 15.8. The molecule has 0 spiro atoms. The zero-order valence-electron chi connectivity index (χ0n) is 15.0. The van der Waals surface area contributed by atoms with Gasteiger partial charge in [-0.15, -0.1) is 0 Å². The number of halogens is 1. The van der Waals surface area contributed by atoms with Crippen LogP contribution in [-0.2, 0) is 11.3 Å². The fourth-order valence-electron chi connectivity index (χ4n) is 3.33. The number of aromatic carboxylic acids is 1. The second-order valence-corrected chi connectivity index (χ2v) is 7.89. The van der Waals surface area contributed by atoms with Crippen LogP contribution in [0.25, 0.3) is 10.9 Å². The third kappa shape index (κ3) is 3.62. The number of rotatable bonds is 3. The number of likely N-dealkylation sites (tertiary alicyclic amines) is 1. The van der Waals surface area contributed by atoms with Gasteiger partial charge >= 0.3 is 12.1 Å². The Kier molecular flexibility index (Phi) is 4.84. The van der Waals surface area contributed by atoms with E-state index in [0.717, 1.165) is 12.8 Å². The monoisotopic (exact) mass is 379 g/mol. The predicted octanol–water partition coefficient (Wildman–Crippen LogP) is 3.79. The first-order valence-electron chi connectivity index (χ1n) is 8.52. The van der Waals surface area contributed by atoms with Crippen LogP contribution >= 0.6 is 11.6 Å². The molecule has 0 aromatic carbocycles. The lowest BCUT2D eigenvalue weighted by molar-refractivity contribution is 0.0214. The van der Waals surface area contributed by atoms with Crippen LogP contribution < -0.4 is 0 Å². The largest absolute Gasteiger partial charge is 0.478 e. The molecule has 26 heavy (non-hydrogen) atoms. The summed E-state index contributed by atoms with van der Waals surface area (Å²) in [7, 11) is 0. The molecule has 1 N–H and O–H groups in total. The van der Waals surface area contributed by atoms with Crippen molar-refractivity contribution in [3.05, 3.63) is 29.2 Å². The third-order valence-electron chi connectivity index (χ3n) is 4.39. The summed E-state index contributed by atoms with van der Waals surface area (Å²) in [5.41, 5.74) is 0.221. The number of carbonyl (C=O) groups excluding carboxylic acids is 1. The molecule has 3 rings (SSSR count). The van der Waals surface area contributed by atoms with Crippen molar-refractivity contribution in [3.63, 3.8) is 0 Å². The van der Waals surface area contributed by atoms with E-state index in [9.17, 15) is 14.7 Å². The van der Waals surface area contributed by atoms with Crippen molar-refractivity contribution in [3.8, 4) is 0 Å². The Hall–Kier alpha value is -2.28. The molecule has 1 saturated heterocycles. The number of carbonyl (C=O) groups is 2. The Morgan fingerprint density at radius 1 is 1.38 bits per heavy atom. The maximum Gasteiger partial charge on any atom is 0.410 e. The van der Waals surface area contributed by atoms with Crippen LogP contribution in [0.5, 0.6) is 0 Å². The number of amides is 1. The van der Waals surface area contributed by atoms with E-state index in [0.29, 0.717) is 29.0 Å². The van der Waals surface area contributed by atoms with Gasteiger partial charge in [-0.25, -0.2) is 9.59 Å². The van der Waals surface area contributed by atoms with Crippen LogP contribution in [0.2, 0.25) is 5.02 Å². The van der Waals surface area contributed by atoms with Crippen LogP contribution in [0.1, 0.15) is 44.0 Å². The molecule has 1 fully saturated rings. The summed E-state index contributed by atoms with van der Waals surface area (Å²) in [6.45, 7) is 6.60. The molecule has 7 nitrogen and oxygen atoms in total. The lowest BCUT2D eigenvalue weighted by atomic mass is 10.2. The number of hydrogen-bond donors (Lipinski definition) is 1. The van der Waals surface area contributed by atoms with Gasteiger partial charge in [0.15, 0.2) is 0 Å². The first-order chi connectivity index (χ1) is 12.2. The summed E-state index contributed by atoms with van der Waals surface area (Å²) in [6, 6.07) is -0.0684. The summed E-state index contributed by atoms with van der Waals surface area (Å²) in [4.78, 5) is 29.8. The van der Waals surface area contributed by atoms with Gasteiger partial charge in [0.25, 0.3) is 0 Å². The van der Waals surface area contributed by atoms with E-state index in [1.165, 1.54) is 6.20 Å². The van der Waals surface area contributed by atoms with Gasteiger partial charge in [0.2, 0.25) is 0 Å². The Bertz CT molecular complexity index is 856. The highest BCUT2D eigenvalue weighted by atomic mass is 35.5. The predicted molar refractivity (Wildman–Crippen MR) is 97.7 cm³/mol. The summed E-state index contributed by atoms with van der Waals surface area (Å²) in [5, 5.41) is 10.2. The standard InChI is InChI=1S/C18H22ClN3O4/c1-18(2,3)26-17(25)22-6-4-5-11(22)9-21-10-12(16(23)24)15-13(19)7-20-8-14(15)21/h7-8,10-11H,4-6,9H2,1-3H3,(H,23,24)/t11-/m0/s1. The van der Waals surface area contributed by atoms with E-state index in [1.54, 1.807) is 17.3 Å². The van der Waals surface area contributed by atoms with Crippen molar-refractivity contribution in [1.82, 2.24) is 14.5 Å². The van der Waals surface area contributed by atoms with Gasteiger partial charge in [-0.3, -0.25) is 4.98 Å². The Labute approximate surface area is 156 Å². The first-order valence-corrected chi connectivity index (χ1v) is 8.90. The molecule has 2 aromatic rings. The fraction of sp³-hybridized carbons (Fsp3) is 0.500. The van der Waals surface area contributed by atoms with Gasteiger partial charge < -0.3 is 19.3 Å². The molecule has 0 unspecified atom stereocenters. The minimum Gasteiger partial charge on any atom is -0.478 e. The maximum atomic E-state index is 12.5. The molecule has 1 atom stereocenters. The molecule has 3 heterocycles. The molecular formula is C18H22ClN3O4. The molecule has 0 bridgehead atoms. The van der Waals surface area contributed by atoms with Gasteiger partial charge in [-0.05, 0) is 33.6 Å². The minimum atomic E-state index is -1.04. The number of fused-ring (bicyclic) bond motifs is 1. The summed E-state index contributed by atoms with van der Waals surface area (Å²) in [6.07, 6.45) is 5.96. The van der Waals surface area contributed by atoms with E-state index in [-0.39, 0.29) is 17.7 Å². The van der Waals surface area contributed by atoms with Gasteiger partial charge in [-0.2, -0.15) is 0 Å². The summed E-state index contributed by atoms with van der Waals surface area (Å²) < 4.78 is 7.30. The molecule has 1 aliphatic heterocycles. The maximum absolute atomic E-state index is 12.5. The number of pyridine rings is 1. The normalized spacial score (nSPS) is 17.7. The number of nitrogens with zero attached hydrogens (tertiary/aromatic N) is 3. The molecule has 0 saturated carbocycles. The van der Waals surface area contributed by atoms with Gasteiger partial charge in [0, 0.05) is 30.9 Å². The number of carboxylic acids is 1. The van der Waals surface area contributed by atoms with Crippen molar-refractivity contribution >= 4 is 34.6 Å². The average Bonchev–Trinajstić information content (AvgIpc) is 3.12.